The molecule has 2 bridgehead atoms. The quantitative estimate of drug-likeness (QED) is 0.0477. The molecule has 2 saturated heterocycles. The first kappa shape index (κ1) is 47.2. The molecule has 1 N–H and O–H groups in total. The molecule has 0 spiro atoms. The molecule has 2 aliphatic rings. The van der Waals surface area contributed by atoms with Gasteiger partial charge in [0.05, 0.1) is 49.8 Å². The van der Waals surface area contributed by atoms with Crippen molar-refractivity contribution in [3.05, 3.63) is 164 Å². The largest absolute Gasteiger partial charge is 0.497 e. The van der Waals surface area contributed by atoms with E-state index in [9.17, 15) is 19.6 Å². The van der Waals surface area contributed by atoms with Crippen LogP contribution >= 0.6 is 32.0 Å². The maximum absolute atomic E-state index is 14.3. The Labute approximate surface area is 383 Å². The zero-order chi connectivity index (χ0) is 45.6. The Balaban J connectivity index is 1.45. The van der Waals surface area contributed by atoms with E-state index in [1.54, 1.807) is 33.3 Å². The number of aromatic amines is 1. The van der Waals surface area contributed by atoms with Crippen LogP contribution in [0, 0.1) is 18.3 Å². The molecule has 7 rings (SSSR count). The number of nitrogens with one attached hydrogen (secondary N) is 1. The number of thioether (sulfide) groups is 2. The lowest BCUT2D eigenvalue weighted by Crippen LogP contribution is -2.52. The van der Waals surface area contributed by atoms with Gasteiger partial charge in [-0.05, 0) is 75.6 Å². The van der Waals surface area contributed by atoms with Crippen molar-refractivity contribution >= 4 is 37.2 Å². The molecule has 64 heavy (non-hydrogen) atoms. The van der Waals surface area contributed by atoms with E-state index in [1.165, 1.54) is 22.5 Å². The average Bonchev–Trinajstić information content (AvgIpc) is 3.75. The number of carbonyl (C=O) groups excluding carboxylic acids is 1. The monoisotopic (exact) mass is 924 g/mol. The van der Waals surface area contributed by atoms with E-state index in [-0.39, 0.29) is 36.8 Å². The predicted molar refractivity (Wildman–Crippen MR) is 251 cm³/mol. The van der Waals surface area contributed by atoms with Crippen LogP contribution in [0.2, 0.25) is 0 Å². The molecule has 3 heterocycles. The summed E-state index contributed by atoms with van der Waals surface area (Å²) < 4.78 is 42.8. The second kappa shape index (κ2) is 20.6. The van der Waals surface area contributed by atoms with Gasteiger partial charge in [-0.1, -0.05) is 96.7 Å². The Kier molecular flexibility index (Phi) is 15.2. The lowest BCUT2D eigenvalue weighted by atomic mass is 9.79. The number of aromatic nitrogens is 2. The summed E-state index contributed by atoms with van der Waals surface area (Å²) in [5.74, 6) is 1.32. The second-order valence-corrected chi connectivity index (χ2v) is 20.1. The third-order valence-corrected chi connectivity index (χ3v) is 16.5. The van der Waals surface area contributed by atoms with Crippen LogP contribution in [0.3, 0.4) is 0 Å². The number of nitriles is 1. The third kappa shape index (κ3) is 9.48. The highest BCUT2D eigenvalue weighted by Gasteiger charge is 2.70. The molecular formula is C48H53N4O9PS2. The van der Waals surface area contributed by atoms with Crippen LogP contribution < -0.4 is 20.7 Å². The molecule has 0 saturated carbocycles. The summed E-state index contributed by atoms with van der Waals surface area (Å²) in [6.07, 6.45) is -0.196. The Morgan fingerprint density at radius 3 is 2.02 bits per heavy atom. The Morgan fingerprint density at radius 1 is 0.906 bits per heavy atom. The molecule has 16 heteroatoms. The van der Waals surface area contributed by atoms with Crippen molar-refractivity contribution in [1.82, 2.24) is 14.2 Å². The molecular weight excluding hydrogens is 872 g/mol. The van der Waals surface area contributed by atoms with Crippen LogP contribution in [-0.4, -0.2) is 80.4 Å². The molecule has 0 amide bonds. The molecule has 2 fully saturated rings. The molecule has 4 aromatic carbocycles. The summed E-state index contributed by atoms with van der Waals surface area (Å²) in [5.41, 5.74) is -0.728. The SMILES string of the molecule is COc1ccc(C(OC[C@]23O[C@@H](n4cc(C)c(=O)[nH]c4=O)[C@H](S[C@@H]2SC(=O)c2ccccc2)[C@@H]3OP(OCCC#N)N(C(C)C)C(C)C)(c2ccccc2)c2ccc(OC)cc2)cc1. The topological polar surface area (TPSA) is 154 Å². The molecule has 6 atom stereocenters. The summed E-state index contributed by atoms with van der Waals surface area (Å²) in [6, 6.07) is 36.4. The van der Waals surface area contributed by atoms with Gasteiger partial charge in [-0.25, -0.2) is 9.46 Å². The van der Waals surface area contributed by atoms with E-state index in [4.69, 9.17) is 28.0 Å². The lowest BCUT2D eigenvalue weighted by molar-refractivity contribution is -0.150. The minimum atomic E-state index is -1.88. The van der Waals surface area contributed by atoms with Crippen LogP contribution in [0.1, 0.15) is 73.0 Å². The Morgan fingerprint density at radius 2 is 1.47 bits per heavy atom. The van der Waals surface area contributed by atoms with Crippen molar-refractivity contribution in [2.75, 3.05) is 27.4 Å². The highest BCUT2D eigenvalue weighted by Crippen LogP contribution is 2.64. The maximum atomic E-state index is 14.3. The fourth-order valence-corrected chi connectivity index (χ4v) is 13.5. The number of carbonyl (C=O) groups is 1. The number of hydrogen-bond donors (Lipinski definition) is 1. The summed E-state index contributed by atoms with van der Waals surface area (Å²) in [5, 5.41) is 8.76. The van der Waals surface area contributed by atoms with E-state index < -0.39 is 53.1 Å². The van der Waals surface area contributed by atoms with Gasteiger partial charge in [0.15, 0.2) is 6.23 Å². The number of ether oxygens (including phenoxy) is 4. The molecule has 0 radical (unpaired) electrons. The maximum Gasteiger partial charge on any atom is 0.330 e. The highest BCUT2D eigenvalue weighted by atomic mass is 32.2. The number of H-pyrrole nitrogens is 1. The number of methoxy groups -OCH3 is 2. The predicted octanol–water partition coefficient (Wildman–Crippen LogP) is 8.81. The summed E-state index contributed by atoms with van der Waals surface area (Å²) in [4.78, 5) is 43.3. The van der Waals surface area contributed by atoms with E-state index in [0.29, 0.717) is 22.6 Å². The minimum absolute atomic E-state index is 0.0333. The van der Waals surface area contributed by atoms with Gasteiger partial charge in [0.1, 0.15) is 28.8 Å². The van der Waals surface area contributed by atoms with Crippen molar-refractivity contribution < 1.29 is 32.8 Å². The van der Waals surface area contributed by atoms with Crippen LogP contribution in [0.5, 0.6) is 11.5 Å². The van der Waals surface area contributed by atoms with E-state index in [0.717, 1.165) is 28.5 Å². The van der Waals surface area contributed by atoms with Gasteiger partial charge in [0.25, 0.3) is 14.1 Å². The Hall–Kier alpha value is -4.75. The molecule has 5 aromatic rings. The van der Waals surface area contributed by atoms with Crippen molar-refractivity contribution in [2.45, 2.75) is 86.5 Å². The van der Waals surface area contributed by atoms with E-state index in [1.807, 2.05) is 97.1 Å². The summed E-state index contributed by atoms with van der Waals surface area (Å²) in [6.45, 7) is 9.81. The van der Waals surface area contributed by atoms with Crippen molar-refractivity contribution in [2.24, 2.45) is 0 Å². The molecule has 13 nitrogen and oxygen atoms in total. The first-order valence-corrected chi connectivity index (χ1v) is 24.0. The number of benzene rings is 4. The van der Waals surface area contributed by atoms with Crippen LogP contribution in [0.4, 0.5) is 0 Å². The number of nitrogens with zero attached hydrogens (tertiary/aromatic N) is 3. The van der Waals surface area contributed by atoms with Gasteiger partial charge >= 0.3 is 5.69 Å². The zero-order valence-corrected chi connectivity index (χ0v) is 39.4. The average molecular weight is 925 g/mol. The minimum Gasteiger partial charge on any atom is -0.497 e. The molecule has 2 aliphatic heterocycles. The van der Waals surface area contributed by atoms with Crippen molar-refractivity contribution in [3.63, 3.8) is 0 Å². The number of rotatable bonds is 19. The van der Waals surface area contributed by atoms with Gasteiger partial charge < -0.3 is 28.0 Å². The van der Waals surface area contributed by atoms with Crippen molar-refractivity contribution in [1.29, 1.82) is 5.26 Å². The smallest absolute Gasteiger partial charge is 0.330 e. The summed E-state index contributed by atoms with van der Waals surface area (Å²) in [7, 11) is 1.35. The number of fused-ring (bicyclic) bond motifs is 2. The van der Waals surface area contributed by atoms with Gasteiger partial charge in [-0.15, -0.1) is 11.8 Å². The van der Waals surface area contributed by atoms with E-state index >= 15 is 0 Å². The standard InChI is InChI=1S/C48H53N4O9PS2/c1-31(2)52(32(3)4)62(59-28-14-27-49)61-41-40-43(51-29-33(5)42(53)50-46(51)55)60-47(41,45(63-40)64-44(54)34-15-10-8-11-16-34)30-58-48(35-17-12-9-13-18-35,36-19-23-38(56-6)24-20-36)37-21-25-39(57-7)26-22-37/h8-13,15-26,29,31-32,40-41,43,45H,14,28,30H2,1-7H3,(H,50,53,55)/t40-,41+,43-,45-,47-,62?/m1/s1. The second-order valence-electron chi connectivity index (χ2n) is 16.0. The molecule has 0 aliphatic carbocycles. The number of hydrogen-bond acceptors (Lipinski definition) is 13. The summed E-state index contributed by atoms with van der Waals surface area (Å²) >= 11 is 2.59. The normalized spacial score (nSPS) is 21.0. The third-order valence-electron chi connectivity index (χ3n) is 11.3. The lowest BCUT2D eigenvalue weighted by Gasteiger charge is -2.43. The molecule has 336 valence electrons. The molecule has 1 unspecified atom stereocenters. The van der Waals surface area contributed by atoms with Gasteiger partial charge in [0, 0.05) is 29.4 Å². The first-order chi connectivity index (χ1) is 30.9. The van der Waals surface area contributed by atoms with E-state index in [2.05, 4.69) is 43.4 Å². The fourth-order valence-electron chi connectivity index (χ4n) is 8.25. The van der Waals surface area contributed by atoms with Gasteiger partial charge in [0.2, 0.25) is 5.12 Å². The van der Waals surface area contributed by atoms with Crippen LogP contribution in [0.15, 0.2) is 125 Å². The van der Waals surface area contributed by atoms with Crippen LogP contribution in [-0.2, 0) is 24.1 Å². The van der Waals surface area contributed by atoms with Gasteiger partial charge in [-0.3, -0.25) is 19.1 Å². The van der Waals surface area contributed by atoms with Crippen LogP contribution in [0.25, 0.3) is 0 Å². The highest BCUT2D eigenvalue weighted by molar-refractivity contribution is 8.25. The van der Waals surface area contributed by atoms with Gasteiger partial charge in [-0.2, -0.15) is 5.26 Å². The Bertz CT molecular complexity index is 2460. The fraction of sp³-hybridized carbons (Fsp3) is 0.375. The van der Waals surface area contributed by atoms with Crippen molar-refractivity contribution in [3.8, 4) is 17.6 Å². The first-order valence-electron chi connectivity index (χ1n) is 21.0. The molecule has 1 aromatic heterocycles. The zero-order valence-electron chi connectivity index (χ0n) is 36.8. The number of aryl methyl sites for hydroxylation is 1.